The highest BCUT2D eigenvalue weighted by atomic mass is 16.5. The molecule has 0 radical (unpaired) electrons. The van der Waals surface area contributed by atoms with Gasteiger partial charge in [0.05, 0.1) is 11.7 Å². The van der Waals surface area contributed by atoms with E-state index in [9.17, 15) is 14.4 Å². The normalized spacial score (nSPS) is 26.4. The first-order valence-electron chi connectivity index (χ1n) is 8.58. The SMILES string of the molecule is C[C@H]1CCC(c2ccc3c(c2)NC(=O)C2(CC2)O3)N(C(=O)C(=O)O)C1. The van der Waals surface area contributed by atoms with Gasteiger partial charge in [-0.05, 0) is 36.5 Å². The van der Waals surface area contributed by atoms with E-state index >= 15 is 0 Å². The summed E-state index contributed by atoms with van der Waals surface area (Å²) in [6, 6.07) is 5.14. The third-order valence-electron chi connectivity index (χ3n) is 5.32. The second-order valence-electron chi connectivity index (χ2n) is 7.27. The number of hydrogen-bond donors (Lipinski definition) is 2. The number of ether oxygens (including phenoxy) is 1. The highest BCUT2D eigenvalue weighted by molar-refractivity contribution is 6.31. The Kier molecular flexibility index (Phi) is 3.49. The Bertz CT molecular complexity index is 771. The molecule has 1 saturated carbocycles. The van der Waals surface area contributed by atoms with Gasteiger partial charge in [-0.3, -0.25) is 9.59 Å². The molecule has 7 heteroatoms. The van der Waals surface area contributed by atoms with Crippen LogP contribution in [0.15, 0.2) is 18.2 Å². The fourth-order valence-corrected chi connectivity index (χ4v) is 3.72. The number of carboxylic acids is 1. The summed E-state index contributed by atoms with van der Waals surface area (Å²) in [7, 11) is 0. The Labute approximate surface area is 144 Å². The lowest BCUT2D eigenvalue weighted by molar-refractivity contribution is -0.158. The second-order valence-corrected chi connectivity index (χ2v) is 7.27. The molecule has 7 nitrogen and oxygen atoms in total. The number of hydrogen-bond acceptors (Lipinski definition) is 4. The van der Waals surface area contributed by atoms with E-state index in [-0.39, 0.29) is 17.9 Å². The quantitative estimate of drug-likeness (QED) is 0.759. The molecule has 1 aromatic carbocycles. The summed E-state index contributed by atoms with van der Waals surface area (Å²) in [6.45, 7) is 2.42. The van der Waals surface area contributed by atoms with Crippen molar-refractivity contribution in [3.05, 3.63) is 23.8 Å². The van der Waals surface area contributed by atoms with Crippen molar-refractivity contribution in [1.29, 1.82) is 0 Å². The van der Waals surface area contributed by atoms with Crippen LogP contribution in [0.25, 0.3) is 0 Å². The monoisotopic (exact) mass is 344 g/mol. The number of amides is 2. The van der Waals surface area contributed by atoms with E-state index in [1.165, 1.54) is 4.90 Å². The van der Waals surface area contributed by atoms with Gasteiger partial charge in [-0.1, -0.05) is 13.0 Å². The minimum atomic E-state index is -1.44. The highest BCUT2D eigenvalue weighted by Gasteiger charge is 2.55. The molecule has 2 heterocycles. The fraction of sp³-hybridized carbons (Fsp3) is 0.500. The lowest BCUT2D eigenvalue weighted by Crippen LogP contribution is -2.44. The third-order valence-corrected chi connectivity index (χ3v) is 5.32. The molecule has 3 aliphatic rings. The standard InChI is InChI=1S/C18H20N2O5/c1-10-2-4-13(20(9-10)15(21)16(22)23)11-3-5-14-12(8-11)19-17(24)18(25-14)6-7-18/h3,5,8,10,13H,2,4,6-7,9H2,1H3,(H,19,24)(H,22,23)/t10-,13?/m0/s1. The predicted octanol–water partition coefficient (Wildman–Crippen LogP) is 1.93. The zero-order chi connectivity index (χ0) is 17.8. The molecule has 2 atom stereocenters. The van der Waals surface area contributed by atoms with E-state index in [0.717, 1.165) is 24.8 Å². The summed E-state index contributed by atoms with van der Waals surface area (Å²) in [4.78, 5) is 36.8. The Morgan fingerprint density at radius 2 is 2.08 bits per heavy atom. The number of likely N-dealkylation sites (tertiary alicyclic amines) is 1. The van der Waals surface area contributed by atoms with Crippen molar-refractivity contribution in [2.75, 3.05) is 11.9 Å². The van der Waals surface area contributed by atoms with Crippen molar-refractivity contribution in [3.8, 4) is 5.75 Å². The van der Waals surface area contributed by atoms with Gasteiger partial charge in [0, 0.05) is 19.4 Å². The van der Waals surface area contributed by atoms with E-state index in [1.54, 1.807) is 12.1 Å². The highest BCUT2D eigenvalue weighted by Crippen LogP contribution is 2.47. The summed E-state index contributed by atoms with van der Waals surface area (Å²) in [5, 5.41) is 12.0. The molecule has 2 aliphatic heterocycles. The summed E-state index contributed by atoms with van der Waals surface area (Å²) >= 11 is 0. The minimum Gasteiger partial charge on any atom is -0.475 e. The number of anilines is 1. The minimum absolute atomic E-state index is 0.132. The van der Waals surface area contributed by atoms with Gasteiger partial charge in [0.1, 0.15) is 5.75 Å². The van der Waals surface area contributed by atoms with E-state index in [0.29, 0.717) is 24.4 Å². The van der Waals surface area contributed by atoms with Crippen molar-refractivity contribution in [2.24, 2.45) is 5.92 Å². The zero-order valence-electron chi connectivity index (χ0n) is 13.9. The molecule has 1 spiro atoms. The van der Waals surface area contributed by atoms with Crippen molar-refractivity contribution in [1.82, 2.24) is 4.90 Å². The van der Waals surface area contributed by atoms with E-state index < -0.39 is 17.5 Å². The maximum atomic E-state index is 12.2. The Hall–Kier alpha value is -2.57. The van der Waals surface area contributed by atoms with Gasteiger partial charge in [-0.15, -0.1) is 0 Å². The van der Waals surface area contributed by atoms with Gasteiger partial charge in [-0.25, -0.2) is 4.79 Å². The molecule has 25 heavy (non-hydrogen) atoms. The number of benzene rings is 1. The second kappa shape index (κ2) is 5.47. The smallest absolute Gasteiger partial charge is 0.394 e. The van der Waals surface area contributed by atoms with Crippen LogP contribution < -0.4 is 10.1 Å². The number of nitrogens with zero attached hydrogens (tertiary/aromatic N) is 1. The van der Waals surface area contributed by atoms with Crippen LogP contribution in [-0.4, -0.2) is 39.9 Å². The van der Waals surface area contributed by atoms with Crippen LogP contribution in [0, 0.1) is 5.92 Å². The van der Waals surface area contributed by atoms with Crippen LogP contribution in [0.2, 0.25) is 0 Å². The van der Waals surface area contributed by atoms with Crippen molar-refractivity contribution >= 4 is 23.5 Å². The molecule has 1 saturated heterocycles. The molecule has 0 bridgehead atoms. The molecule has 1 aromatic rings. The molecule has 1 unspecified atom stereocenters. The first-order chi connectivity index (χ1) is 11.9. The van der Waals surface area contributed by atoms with Crippen molar-refractivity contribution in [3.63, 3.8) is 0 Å². The van der Waals surface area contributed by atoms with Crippen LogP contribution >= 0.6 is 0 Å². The fourth-order valence-electron chi connectivity index (χ4n) is 3.72. The Balaban J connectivity index is 1.64. The number of fused-ring (bicyclic) bond motifs is 1. The van der Waals surface area contributed by atoms with Crippen LogP contribution in [0.4, 0.5) is 5.69 Å². The van der Waals surface area contributed by atoms with Crippen LogP contribution in [0.3, 0.4) is 0 Å². The molecular formula is C18H20N2O5. The van der Waals surface area contributed by atoms with Gasteiger partial charge in [0.2, 0.25) is 0 Å². The van der Waals surface area contributed by atoms with Gasteiger partial charge in [0.15, 0.2) is 5.60 Å². The number of carbonyl (C=O) groups excluding carboxylic acids is 2. The van der Waals surface area contributed by atoms with E-state index in [1.807, 2.05) is 13.0 Å². The molecule has 4 rings (SSSR count). The van der Waals surface area contributed by atoms with Gasteiger partial charge in [0.25, 0.3) is 5.91 Å². The lowest BCUT2D eigenvalue weighted by atomic mass is 9.89. The molecule has 132 valence electrons. The summed E-state index contributed by atoms with van der Waals surface area (Å²) < 4.78 is 5.83. The maximum Gasteiger partial charge on any atom is 0.394 e. The average Bonchev–Trinajstić information content (AvgIpc) is 3.35. The number of aliphatic carboxylic acids is 1. The largest absolute Gasteiger partial charge is 0.475 e. The molecule has 0 aromatic heterocycles. The number of nitrogens with one attached hydrogen (secondary N) is 1. The lowest BCUT2D eigenvalue weighted by Gasteiger charge is -2.38. The number of carboxylic acid groups (broad SMARTS) is 1. The third kappa shape index (κ3) is 2.63. The molecule has 2 amide bonds. The molecule has 1 aliphatic carbocycles. The summed E-state index contributed by atoms with van der Waals surface area (Å²) in [5.41, 5.74) is 0.706. The van der Waals surface area contributed by atoms with Gasteiger partial charge in [-0.2, -0.15) is 0 Å². The first kappa shape index (κ1) is 15.9. The van der Waals surface area contributed by atoms with Crippen molar-refractivity contribution in [2.45, 2.75) is 44.2 Å². The van der Waals surface area contributed by atoms with Crippen LogP contribution in [0.1, 0.15) is 44.2 Å². The number of carbonyl (C=O) groups is 3. The van der Waals surface area contributed by atoms with Crippen LogP contribution in [-0.2, 0) is 14.4 Å². The summed E-state index contributed by atoms with van der Waals surface area (Å²) in [6.07, 6.45) is 3.05. The number of rotatable bonds is 1. The average molecular weight is 344 g/mol. The van der Waals surface area contributed by atoms with E-state index in [2.05, 4.69) is 5.32 Å². The zero-order valence-corrected chi connectivity index (χ0v) is 13.9. The molecule has 2 N–H and O–H groups in total. The Morgan fingerprint density at radius 1 is 1.32 bits per heavy atom. The summed E-state index contributed by atoms with van der Waals surface area (Å²) in [5.74, 6) is -1.57. The molecule has 2 fully saturated rings. The predicted molar refractivity (Wildman–Crippen MR) is 88.2 cm³/mol. The van der Waals surface area contributed by atoms with Gasteiger partial charge < -0.3 is 20.1 Å². The van der Waals surface area contributed by atoms with Gasteiger partial charge >= 0.3 is 11.9 Å². The maximum absolute atomic E-state index is 12.2. The molecular weight excluding hydrogens is 324 g/mol. The number of piperidine rings is 1. The Morgan fingerprint density at radius 3 is 2.76 bits per heavy atom. The van der Waals surface area contributed by atoms with E-state index in [4.69, 9.17) is 9.84 Å². The topological polar surface area (TPSA) is 95.9 Å². The first-order valence-corrected chi connectivity index (χ1v) is 8.58. The van der Waals surface area contributed by atoms with Crippen LogP contribution in [0.5, 0.6) is 5.75 Å². The van der Waals surface area contributed by atoms with Crippen molar-refractivity contribution < 1.29 is 24.2 Å².